The van der Waals surface area contributed by atoms with E-state index in [1.807, 2.05) is 0 Å². The van der Waals surface area contributed by atoms with Gasteiger partial charge in [0.1, 0.15) is 12.7 Å². The molecule has 84 valence electrons. The molecule has 0 spiro atoms. The monoisotopic (exact) mass is 216 g/mol. The maximum absolute atomic E-state index is 4.16. The number of nitrogens with one attached hydrogen (secondary N) is 1. The number of aromatic nitrogens is 3. The first kappa shape index (κ1) is 10.8. The minimum Gasteiger partial charge on any atom is -0.313 e. The molecule has 4 heteroatoms. The number of aryl methyl sites for hydroxylation is 1. The first-order chi connectivity index (χ1) is 7.81. The van der Waals surface area contributed by atoms with Crippen molar-refractivity contribution in [3.8, 4) is 5.69 Å². The van der Waals surface area contributed by atoms with Crippen molar-refractivity contribution >= 4 is 0 Å². The largest absolute Gasteiger partial charge is 0.313 e. The molecule has 0 fully saturated rings. The van der Waals surface area contributed by atoms with E-state index >= 15 is 0 Å². The Labute approximate surface area is 95.3 Å². The van der Waals surface area contributed by atoms with Crippen LogP contribution in [0.1, 0.15) is 18.1 Å². The SMILES string of the molecule is CCNCc1cc(C)ccc1-n1cncn1. The number of hydrogen-bond donors (Lipinski definition) is 1. The Morgan fingerprint density at radius 2 is 2.25 bits per heavy atom. The van der Waals surface area contributed by atoms with Gasteiger partial charge in [-0.15, -0.1) is 0 Å². The molecule has 2 aromatic rings. The maximum atomic E-state index is 4.16. The second-order valence-corrected chi connectivity index (χ2v) is 3.75. The lowest BCUT2D eigenvalue weighted by molar-refractivity contribution is 0.716. The topological polar surface area (TPSA) is 42.7 Å². The van der Waals surface area contributed by atoms with E-state index in [1.165, 1.54) is 11.1 Å². The van der Waals surface area contributed by atoms with Crippen LogP contribution in [0.2, 0.25) is 0 Å². The van der Waals surface area contributed by atoms with Crippen LogP contribution in [0.5, 0.6) is 0 Å². The van der Waals surface area contributed by atoms with Crippen LogP contribution < -0.4 is 5.32 Å². The predicted molar refractivity (Wildman–Crippen MR) is 63.5 cm³/mol. The summed E-state index contributed by atoms with van der Waals surface area (Å²) in [5.41, 5.74) is 3.59. The number of benzene rings is 1. The van der Waals surface area contributed by atoms with Gasteiger partial charge in [0.25, 0.3) is 0 Å². The minimum atomic E-state index is 0.855. The van der Waals surface area contributed by atoms with Gasteiger partial charge in [0.15, 0.2) is 0 Å². The van der Waals surface area contributed by atoms with Crippen LogP contribution in [0.3, 0.4) is 0 Å². The quantitative estimate of drug-likeness (QED) is 0.845. The van der Waals surface area contributed by atoms with Gasteiger partial charge in [-0.1, -0.05) is 24.6 Å². The minimum absolute atomic E-state index is 0.855. The van der Waals surface area contributed by atoms with Crippen LogP contribution in [-0.2, 0) is 6.54 Å². The van der Waals surface area contributed by atoms with Gasteiger partial charge in [-0.2, -0.15) is 5.10 Å². The predicted octanol–water partition coefficient (Wildman–Crippen LogP) is 1.69. The van der Waals surface area contributed by atoms with Crippen LogP contribution in [0.4, 0.5) is 0 Å². The van der Waals surface area contributed by atoms with E-state index in [-0.39, 0.29) is 0 Å². The molecule has 1 heterocycles. The third-order valence-corrected chi connectivity index (χ3v) is 2.47. The van der Waals surface area contributed by atoms with Crippen LogP contribution in [-0.4, -0.2) is 21.3 Å². The van der Waals surface area contributed by atoms with Gasteiger partial charge >= 0.3 is 0 Å². The molecule has 0 bridgehead atoms. The molecular weight excluding hydrogens is 200 g/mol. The molecule has 0 amide bonds. The average Bonchev–Trinajstić information content (AvgIpc) is 2.80. The van der Waals surface area contributed by atoms with Crippen molar-refractivity contribution in [1.82, 2.24) is 20.1 Å². The molecule has 0 aliphatic carbocycles. The van der Waals surface area contributed by atoms with Gasteiger partial charge in [-0.05, 0) is 25.1 Å². The van der Waals surface area contributed by atoms with Crippen LogP contribution in [0.25, 0.3) is 5.69 Å². The summed E-state index contributed by atoms with van der Waals surface area (Å²) < 4.78 is 1.80. The molecule has 0 aliphatic heterocycles. The summed E-state index contributed by atoms with van der Waals surface area (Å²) in [4.78, 5) is 3.97. The third-order valence-electron chi connectivity index (χ3n) is 2.47. The molecule has 0 saturated heterocycles. The molecule has 4 nitrogen and oxygen atoms in total. The third kappa shape index (κ3) is 2.28. The van der Waals surface area contributed by atoms with Gasteiger partial charge in [0.2, 0.25) is 0 Å². The highest BCUT2D eigenvalue weighted by atomic mass is 15.3. The van der Waals surface area contributed by atoms with Gasteiger partial charge in [-0.25, -0.2) is 9.67 Å². The first-order valence-corrected chi connectivity index (χ1v) is 5.46. The van der Waals surface area contributed by atoms with E-state index < -0.39 is 0 Å². The van der Waals surface area contributed by atoms with Crippen molar-refractivity contribution in [2.45, 2.75) is 20.4 Å². The van der Waals surface area contributed by atoms with Crippen LogP contribution >= 0.6 is 0 Å². The summed E-state index contributed by atoms with van der Waals surface area (Å²) in [5.74, 6) is 0. The Hall–Kier alpha value is -1.68. The van der Waals surface area contributed by atoms with E-state index in [4.69, 9.17) is 0 Å². The Kier molecular flexibility index (Phi) is 3.31. The lowest BCUT2D eigenvalue weighted by atomic mass is 10.1. The number of nitrogens with zero attached hydrogens (tertiary/aromatic N) is 3. The Balaban J connectivity index is 2.36. The van der Waals surface area contributed by atoms with Crippen molar-refractivity contribution in [3.05, 3.63) is 42.0 Å². The lowest BCUT2D eigenvalue weighted by Gasteiger charge is -2.10. The molecule has 1 aromatic heterocycles. The second kappa shape index (κ2) is 4.90. The molecular formula is C12H16N4. The average molecular weight is 216 g/mol. The Morgan fingerprint density at radius 3 is 2.94 bits per heavy atom. The van der Waals surface area contributed by atoms with Gasteiger partial charge in [-0.3, -0.25) is 0 Å². The van der Waals surface area contributed by atoms with E-state index in [9.17, 15) is 0 Å². The lowest BCUT2D eigenvalue weighted by Crippen LogP contribution is -2.14. The van der Waals surface area contributed by atoms with E-state index in [0.717, 1.165) is 18.8 Å². The maximum Gasteiger partial charge on any atom is 0.138 e. The standard InChI is InChI=1S/C12H16N4/c1-3-13-7-11-6-10(2)4-5-12(11)16-9-14-8-15-16/h4-6,8-9,13H,3,7H2,1-2H3. The van der Waals surface area contributed by atoms with Crippen molar-refractivity contribution in [2.75, 3.05) is 6.54 Å². The van der Waals surface area contributed by atoms with E-state index in [0.29, 0.717) is 0 Å². The van der Waals surface area contributed by atoms with E-state index in [2.05, 4.69) is 47.4 Å². The molecule has 0 aliphatic rings. The molecule has 1 aromatic carbocycles. The van der Waals surface area contributed by atoms with Crippen LogP contribution in [0, 0.1) is 6.92 Å². The normalized spacial score (nSPS) is 10.6. The zero-order valence-electron chi connectivity index (χ0n) is 9.64. The fraction of sp³-hybridized carbons (Fsp3) is 0.333. The second-order valence-electron chi connectivity index (χ2n) is 3.75. The zero-order valence-corrected chi connectivity index (χ0v) is 9.64. The van der Waals surface area contributed by atoms with Crippen LogP contribution in [0.15, 0.2) is 30.9 Å². The Bertz CT molecular complexity index is 448. The van der Waals surface area contributed by atoms with Gasteiger partial charge in [0, 0.05) is 6.54 Å². The van der Waals surface area contributed by atoms with Crippen molar-refractivity contribution in [1.29, 1.82) is 0 Å². The zero-order chi connectivity index (χ0) is 11.4. The smallest absolute Gasteiger partial charge is 0.138 e. The molecule has 0 radical (unpaired) electrons. The number of hydrogen-bond acceptors (Lipinski definition) is 3. The fourth-order valence-corrected chi connectivity index (χ4v) is 1.67. The molecule has 0 saturated carbocycles. The van der Waals surface area contributed by atoms with Crippen molar-refractivity contribution in [2.24, 2.45) is 0 Å². The summed E-state index contributed by atoms with van der Waals surface area (Å²) in [5, 5.41) is 7.50. The van der Waals surface area contributed by atoms with Gasteiger partial charge in [0.05, 0.1) is 5.69 Å². The molecule has 1 N–H and O–H groups in total. The summed E-state index contributed by atoms with van der Waals surface area (Å²) in [7, 11) is 0. The first-order valence-electron chi connectivity index (χ1n) is 5.46. The van der Waals surface area contributed by atoms with E-state index in [1.54, 1.807) is 17.3 Å². The molecule has 2 rings (SSSR count). The molecule has 0 unspecified atom stereocenters. The highest BCUT2D eigenvalue weighted by Crippen LogP contribution is 2.15. The highest BCUT2D eigenvalue weighted by molar-refractivity contribution is 5.42. The van der Waals surface area contributed by atoms with Gasteiger partial charge < -0.3 is 5.32 Å². The van der Waals surface area contributed by atoms with Crippen molar-refractivity contribution in [3.63, 3.8) is 0 Å². The molecule has 16 heavy (non-hydrogen) atoms. The van der Waals surface area contributed by atoms with Crippen molar-refractivity contribution < 1.29 is 0 Å². The Morgan fingerprint density at radius 1 is 1.38 bits per heavy atom. The summed E-state index contributed by atoms with van der Waals surface area (Å²) in [6.07, 6.45) is 3.27. The summed E-state index contributed by atoms with van der Waals surface area (Å²) in [6.45, 7) is 6.02. The number of rotatable bonds is 4. The molecule has 0 atom stereocenters. The highest BCUT2D eigenvalue weighted by Gasteiger charge is 2.04. The summed E-state index contributed by atoms with van der Waals surface area (Å²) in [6, 6.07) is 6.35. The fourth-order valence-electron chi connectivity index (χ4n) is 1.67. The summed E-state index contributed by atoms with van der Waals surface area (Å²) >= 11 is 0.